The van der Waals surface area contributed by atoms with Gasteiger partial charge in [-0.2, -0.15) is 0 Å². The molecule has 0 radical (unpaired) electrons. The first-order valence-corrected chi connectivity index (χ1v) is 4.54. The van der Waals surface area contributed by atoms with E-state index < -0.39 is 5.54 Å². The molecule has 76 valence electrons. The highest BCUT2D eigenvalue weighted by Gasteiger charge is 2.41. The Hall–Kier alpha value is -0.610. The predicted octanol–water partition coefficient (Wildman–Crippen LogP) is -0.171. The van der Waals surface area contributed by atoms with Crippen LogP contribution in [0.1, 0.15) is 13.3 Å². The zero-order valence-corrected chi connectivity index (χ0v) is 8.54. The van der Waals surface area contributed by atoms with Crippen molar-refractivity contribution in [2.24, 2.45) is 11.7 Å². The Kier molecular flexibility index (Phi) is 2.93. The third-order valence-corrected chi connectivity index (χ3v) is 2.86. The first-order valence-electron chi connectivity index (χ1n) is 4.54. The van der Waals surface area contributed by atoms with Gasteiger partial charge >= 0.3 is 5.97 Å². The summed E-state index contributed by atoms with van der Waals surface area (Å²) in [4.78, 5) is 13.5. The number of hydrogen-bond acceptors (Lipinski definition) is 4. The summed E-state index contributed by atoms with van der Waals surface area (Å²) in [5.41, 5.74) is 5.10. The molecule has 0 aromatic rings. The van der Waals surface area contributed by atoms with E-state index in [1.807, 2.05) is 7.05 Å². The highest BCUT2D eigenvalue weighted by Crippen LogP contribution is 2.25. The van der Waals surface area contributed by atoms with Crippen LogP contribution in [0.25, 0.3) is 0 Å². The number of esters is 1. The summed E-state index contributed by atoms with van der Waals surface area (Å²) in [7, 11) is 3.42. The average molecular weight is 186 g/mol. The molecule has 1 aliphatic rings. The molecule has 0 bridgehead atoms. The van der Waals surface area contributed by atoms with Crippen LogP contribution < -0.4 is 5.73 Å². The van der Waals surface area contributed by atoms with Gasteiger partial charge in [0.05, 0.1) is 7.11 Å². The van der Waals surface area contributed by atoms with Crippen molar-refractivity contribution < 1.29 is 9.53 Å². The predicted molar refractivity (Wildman–Crippen MR) is 50.2 cm³/mol. The van der Waals surface area contributed by atoms with Crippen LogP contribution in [-0.2, 0) is 9.53 Å². The molecule has 1 saturated heterocycles. The van der Waals surface area contributed by atoms with Crippen LogP contribution in [-0.4, -0.2) is 43.7 Å². The molecular weight excluding hydrogens is 168 g/mol. The summed E-state index contributed by atoms with van der Waals surface area (Å²) in [6.45, 7) is 3.64. The third kappa shape index (κ3) is 2.00. The summed E-state index contributed by atoms with van der Waals surface area (Å²) in [5.74, 6) is -0.0993. The number of likely N-dealkylation sites (tertiary alicyclic amines) is 1. The maximum atomic E-state index is 11.4. The van der Waals surface area contributed by atoms with Gasteiger partial charge in [0.1, 0.15) is 5.54 Å². The Morgan fingerprint density at radius 2 is 2.31 bits per heavy atom. The molecule has 0 spiro atoms. The average Bonchev–Trinajstić information content (AvgIpc) is 2.50. The minimum atomic E-state index is -0.834. The monoisotopic (exact) mass is 186 g/mol. The maximum absolute atomic E-state index is 11.4. The number of nitrogens with zero attached hydrogens (tertiary/aromatic N) is 1. The normalized spacial score (nSPS) is 28.5. The highest BCUT2D eigenvalue weighted by molar-refractivity contribution is 5.80. The molecule has 4 heteroatoms. The van der Waals surface area contributed by atoms with E-state index in [0.29, 0.717) is 0 Å². The Morgan fingerprint density at radius 3 is 2.69 bits per heavy atom. The van der Waals surface area contributed by atoms with Gasteiger partial charge < -0.3 is 15.4 Å². The van der Waals surface area contributed by atoms with Gasteiger partial charge in [-0.25, -0.2) is 0 Å². The Morgan fingerprint density at radius 1 is 1.69 bits per heavy atom. The molecule has 0 aliphatic carbocycles. The first kappa shape index (κ1) is 10.5. The van der Waals surface area contributed by atoms with Crippen molar-refractivity contribution in [2.45, 2.75) is 18.9 Å². The van der Waals surface area contributed by atoms with Gasteiger partial charge in [-0.05, 0) is 26.9 Å². The van der Waals surface area contributed by atoms with Crippen LogP contribution in [0.2, 0.25) is 0 Å². The molecule has 4 nitrogen and oxygen atoms in total. The fraction of sp³-hybridized carbons (Fsp3) is 0.889. The Labute approximate surface area is 79.0 Å². The Bertz CT molecular complexity index is 204. The fourth-order valence-corrected chi connectivity index (χ4v) is 1.81. The van der Waals surface area contributed by atoms with Gasteiger partial charge in [-0.3, -0.25) is 4.79 Å². The van der Waals surface area contributed by atoms with Crippen molar-refractivity contribution in [3.63, 3.8) is 0 Å². The molecule has 0 aromatic carbocycles. The van der Waals surface area contributed by atoms with Gasteiger partial charge in [0, 0.05) is 12.5 Å². The van der Waals surface area contributed by atoms with Crippen molar-refractivity contribution >= 4 is 5.97 Å². The molecular formula is C9H18N2O2. The highest BCUT2D eigenvalue weighted by atomic mass is 16.5. The van der Waals surface area contributed by atoms with E-state index in [0.717, 1.165) is 19.5 Å². The van der Waals surface area contributed by atoms with Crippen LogP contribution in [0.5, 0.6) is 0 Å². The zero-order chi connectivity index (χ0) is 10.1. The van der Waals surface area contributed by atoms with Crippen LogP contribution in [0.15, 0.2) is 0 Å². The molecule has 1 heterocycles. The maximum Gasteiger partial charge on any atom is 0.325 e. The van der Waals surface area contributed by atoms with Gasteiger partial charge in [0.15, 0.2) is 0 Å². The van der Waals surface area contributed by atoms with E-state index in [1.54, 1.807) is 6.92 Å². The third-order valence-electron chi connectivity index (χ3n) is 2.86. The van der Waals surface area contributed by atoms with Gasteiger partial charge in [-0.1, -0.05) is 0 Å². The SMILES string of the molecule is COC(=O)C(C)(N)C1CCN(C)C1. The van der Waals surface area contributed by atoms with E-state index in [-0.39, 0.29) is 11.9 Å². The number of hydrogen-bond donors (Lipinski definition) is 1. The fourth-order valence-electron chi connectivity index (χ4n) is 1.81. The smallest absolute Gasteiger partial charge is 0.325 e. The topological polar surface area (TPSA) is 55.6 Å². The van der Waals surface area contributed by atoms with Crippen molar-refractivity contribution in [1.29, 1.82) is 0 Å². The molecule has 0 saturated carbocycles. The van der Waals surface area contributed by atoms with E-state index in [4.69, 9.17) is 5.73 Å². The number of nitrogens with two attached hydrogens (primary N) is 1. The van der Waals surface area contributed by atoms with Crippen LogP contribution in [0.4, 0.5) is 0 Å². The molecule has 0 amide bonds. The number of rotatable bonds is 2. The first-order chi connectivity index (χ1) is 5.98. The largest absolute Gasteiger partial charge is 0.468 e. The molecule has 1 aliphatic heterocycles. The quantitative estimate of drug-likeness (QED) is 0.608. The van der Waals surface area contributed by atoms with Crippen molar-refractivity contribution in [2.75, 3.05) is 27.2 Å². The number of carbonyl (C=O) groups excluding carboxylic acids is 1. The lowest BCUT2D eigenvalue weighted by Gasteiger charge is -2.28. The summed E-state index contributed by atoms with van der Waals surface area (Å²) in [6.07, 6.45) is 0.971. The van der Waals surface area contributed by atoms with Crippen molar-refractivity contribution in [3.8, 4) is 0 Å². The molecule has 0 aromatic heterocycles. The molecule has 2 N–H and O–H groups in total. The standard InChI is InChI=1S/C9H18N2O2/c1-9(10,8(12)13-3)7-4-5-11(2)6-7/h7H,4-6,10H2,1-3H3. The van der Waals surface area contributed by atoms with Crippen LogP contribution in [0.3, 0.4) is 0 Å². The molecule has 13 heavy (non-hydrogen) atoms. The molecule has 2 atom stereocenters. The summed E-state index contributed by atoms with van der Waals surface area (Å²) in [6, 6.07) is 0. The second-order valence-corrected chi connectivity index (χ2v) is 4.02. The summed E-state index contributed by atoms with van der Waals surface area (Å²) < 4.78 is 4.68. The zero-order valence-electron chi connectivity index (χ0n) is 8.54. The van der Waals surface area contributed by atoms with Crippen molar-refractivity contribution in [3.05, 3.63) is 0 Å². The van der Waals surface area contributed by atoms with Crippen LogP contribution in [0, 0.1) is 5.92 Å². The number of methoxy groups -OCH3 is 1. The number of ether oxygens (including phenoxy) is 1. The van der Waals surface area contributed by atoms with Crippen LogP contribution >= 0.6 is 0 Å². The van der Waals surface area contributed by atoms with Gasteiger partial charge in [0.25, 0.3) is 0 Å². The number of carbonyl (C=O) groups is 1. The summed E-state index contributed by atoms with van der Waals surface area (Å²) in [5, 5.41) is 0. The van der Waals surface area contributed by atoms with E-state index in [1.165, 1.54) is 7.11 Å². The van der Waals surface area contributed by atoms with E-state index >= 15 is 0 Å². The lowest BCUT2D eigenvalue weighted by Crippen LogP contribution is -2.52. The minimum Gasteiger partial charge on any atom is -0.468 e. The van der Waals surface area contributed by atoms with Gasteiger partial charge in [-0.15, -0.1) is 0 Å². The van der Waals surface area contributed by atoms with E-state index in [9.17, 15) is 4.79 Å². The lowest BCUT2D eigenvalue weighted by molar-refractivity contribution is -0.148. The van der Waals surface area contributed by atoms with Gasteiger partial charge in [0.2, 0.25) is 0 Å². The summed E-state index contributed by atoms with van der Waals surface area (Å²) >= 11 is 0. The second-order valence-electron chi connectivity index (χ2n) is 4.02. The Balaban J connectivity index is 2.64. The second kappa shape index (κ2) is 3.64. The van der Waals surface area contributed by atoms with Crippen molar-refractivity contribution in [1.82, 2.24) is 4.90 Å². The molecule has 1 fully saturated rings. The van der Waals surface area contributed by atoms with E-state index in [2.05, 4.69) is 9.64 Å². The molecule has 1 rings (SSSR count). The molecule has 2 unspecified atom stereocenters. The lowest BCUT2D eigenvalue weighted by atomic mass is 9.86. The minimum absolute atomic E-state index is 0.213.